The van der Waals surface area contributed by atoms with E-state index in [1.807, 2.05) is 0 Å². The van der Waals surface area contributed by atoms with Crippen LogP contribution in [0.4, 0.5) is 0 Å². The molecule has 0 saturated carbocycles. The predicted molar refractivity (Wildman–Crippen MR) is 65.7 cm³/mol. The molecule has 86 valence electrons. The lowest BCUT2D eigenvalue weighted by Gasteiger charge is -2.28. The third kappa shape index (κ3) is 1.54. The van der Waals surface area contributed by atoms with Crippen molar-refractivity contribution >= 4 is 8.32 Å². The van der Waals surface area contributed by atoms with Gasteiger partial charge < -0.3 is 9.16 Å². The van der Waals surface area contributed by atoms with E-state index in [1.165, 1.54) is 11.1 Å². The van der Waals surface area contributed by atoms with E-state index in [1.54, 1.807) is 0 Å². The first-order valence-corrected chi connectivity index (χ1v) is 9.38. The molecule has 1 aliphatic carbocycles. The van der Waals surface area contributed by atoms with Crippen molar-refractivity contribution in [1.82, 2.24) is 0 Å². The number of hydrogen-bond donors (Lipinski definition) is 0. The SMILES string of the molecule is C[Si](C)(C)OC12OC1CCc1ccccc12. The van der Waals surface area contributed by atoms with E-state index in [-0.39, 0.29) is 5.79 Å². The molecular weight excluding hydrogens is 216 g/mol. The second kappa shape index (κ2) is 3.19. The fourth-order valence-corrected chi connectivity index (χ4v) is 3.83. The largest absolute Gasteiger partial charge is 0.385 e. The summed E-state index contributed by atoms with van der Waals surface area (Å²) in [6, 6.07) is 8.54. The Kier molecular flexibility index (Phi) is 2.09. The second-order valence-corrected chi connectivity index (χ2v) is 10.1. The van der Waals surface area contributed by atoms with E-state index in [0.717, 1.165) is 12.8 Å². The molecule has 2 aliphatic rings. The Labute approximate surface area is 97.7 Å². The quantitative estimate of drug-likeness (QED) is 0.579. The molecule has 16 heavy (non-hydrogen) atoms. The van der Waals surface area contributed by atoms with E-state index in [9.17, 15) is 0 Å². The highest BCUT2D eigenvalue weighted by atomic mass is 28.4. The lowest BCUT2D eigenvalue weighted by Crippen LogP contribution is -2.36. The van der Waals surface area contributed by atoms with Crippen LogP contribution in [0.25, 0.3) is 0 Å². The third-order valence-corrected chi connectivity index (χ3v) is 4.13. The molecule has 0 N–H and O–H groups in total. The molecule has 3 rings (SSSR count). The van der Waals surface area contributed by atoms with E-state index in [4.69, 9.17) is 9.16 Å². The maximum absolute atomic E-state index is 6.28. The Morgan fingerprint density at radius 3 is 2.81 bits per heavy atom. The Hall–Kier alpha value is -0.643. The smallest absolute Gasteiger partial charge is 0.213 e. The molecular formula is C13H18O2Si. The molecule has 2 atom stereocenters. The van der Waals surface area contributed by atoms with Gasteiger partial charge in [-0.3, -0.25) is 0 Å². The molecule has 1 fully saturated rings. The average Bonchev–Trinajstić information content (AvgIpc) is 2.89. The van der Waals surface area contributed by atoms with Gasteiger partial charge in [0.05, 0.1) is 0 Å². The summed E-state index contributed by atoms with van der Waals surface area (Å²) < 4.78 is 12.2. The average molecular weight is 234 g/mol. The highest BCUT2D eigenvalue weighted by Gasteiger charge is 2.62. The normalized spacial score (nSPS) is 31.8. The molecule has 1 aliphatic heterocycles. The van der Waals surface area contributed by atoms with Gasteiger partial charge in [0.15, 0.2) is 8.32 Å². The van der Waals surface area contributed by atoms with Crippen LogP contribution in [0, 0.1) is 0 Å². The lowest BCUT2D eigenvalue weighted by molar-refractivity contribution is 0.0508. The van der Waals surface area contributed by atoms with Crippen LogP contribution in [0.15, 0.2) is 24.3 Å². The Morgan fingerprint density at radius 1 is 1.31 bits per heavy atom. The van der Waals surface area contributed by atoms with Crippen LogP contribution >= 0.6 is 0 Å². The summed E-state index contributed by atoms with van der Waals surface area (Å²) in [6.45, 7) is 6.66. The van der Waals surface area contributed by atoms with Crippen molar-refractivity contribution < 1.29 is 9.16 Å². The van der Waals surface area contributed by atoms with Crippen LogP contribution < -0.4 is 0 Å². The van der Waals surface area contributed by atoms with Crippen LogP contribution in [0.1, 0.15) is 17.5 Å². The number of benzene rings is 1. The van der Waals surface area contributed by atoms with Crippen molar-refractivity contribution in [3.8, 4) is 0 Å². The van der Waals surface area contributed by atoms with Gasteiger partial charge >= 0.3 is 0 Å². The number of rotatable bonds is 2. The van der Waals surface area contributed by atoms with Crippen LogP contribution in [0.3, 0.4) is 0 Å². The molecule has 0 amide bonds. The van der Waals surface area contributed by atoms with Crippen molar-refractivity contribution in [2.45, 2.75) is 44.4 Å². The van der Waals surface area contributed by atoms with Gasteiger partial charge in [-0.2, -0.15) is 0 Å². The summed E-state index contributed by atoms with van der Waals surface area (Å²) in [5.74, 6) is -0.376. The molecule has 0 aromatic heterocycles. The second-order valence-electron chi connectivity index (χ2n) is 5.68. The fourth-order valence-electron chi connectivity index (χ4n) is 2.63. The highest BCUT2D eigenvalue weighted by Crippen LogP contribution is 2.54. The van der Waals surface area contributed by atoms with Gasteiger partial charge in [0.1, 0.15) is 6.10 Å². The summed E-state index contributed by atoms with van der Waals surface area (Å²) in [4.78, 5) is 0. The number of ether oxygens (including phenoxy) is 1. The van der Waals surface area contributed by atoms with Crippen molar-refractivity contribution in [1.29, 1.82) is 0 Å². The van der Waals surface area contributed by atoms with Crippen molar-refractivity contribution in [2.24, 2.45) is 0 Å². The monoisotopic (exact) mass is 234 g/mol. The molecule has 1 saturated heterocycles. The topological polar surface area (TPSA) is 21.8 Å². The minimum Gasteiger partial charge on any atom is -0.385 e. The molecule has 1 heterocycles. The van der Waals surface area contributed by atoms with Gasteiger partial charge in [0, 0.05) is 5.56 Å². The first-order chi connectivity index (χ1) is 7.51. The maximum atomic E-state index is 6.28. The van der Waals surface area contributed by atoms with E-state index in [0.29, 0.717) is 6.10 Å². The summed E-state index contributed by atoms with van der Waals surface area (Å²) in [6.07, 6.45) is 2.52. The van der Waals surface area contributed by atoms with Gasteiger partial charge in [-0.15, -0.1) is 0 Å². The molecule has 1 aromatic carbocycles. The maximum Gasteiger partial charge on any atom is 0.213 e. The summed E-state index contributed by atoms with van der Waals surface area (Å²) in [7, 11) is -1.57. The zero-order valence-corrected chi connectivity index (χ0v) is 11.1. The van der Waals surface area contributed by atoms with Gasteiger partial charge in [-0.1, -0.05) is 24.3 Å². The Bertz CT molecular complexity index is 424. The van der Waals surface area contributed by atoms with E-state index < -0.39 is 8.32 Å². The first kappa shape index (κ1) is 10.5. The Morgan fingerprint density at radius 2 is 2.06 bits per heavy atom. The van der Waals surface area contributed by atoms with Crippen LogP contribution in [-0.4, -0.2) is 14.4 Å². The van der Waals surface area contributed by atoms with Crippen molar-refractivity contribution in [3.05, 3.63) is 35.4 Å². The van der Waals surface area contributed by atoms with Crippen molar-refractivity contribution in [3.63, 3.8) is 0 Å². The van der Waals surface area contributed by atoms with Gasteiger partial charge in [-0.05, 0) is 38.0 Å². The van der Waals surface area contributed by atoms with Crippen LogP contribution in [0.5, 0.6) is 0 Å². The summed E-state index contributed by atoms with van der Waals surface area (Å²) in [5, 5.41) is 0. The molecule has 0 bridgehead atoms. The van der Waals surface area contributed by atoms with Gasteiger partial charge in [0.25, 0.3) is 0 Å². The van der Waals surface area contributed by atoms with Crippen molar-refractivity contribution in [2.75, 3.05) is 0 Å². The molecule has 0 radical (unpaired) electrons. The number of fused-ring (bicyclic) bond motifs is 3. The number of epoxide rings is 1. The molecule has 0 spiro atoms. The predicted octanol–water partition coefficient (Wildman–Crippen LogP) is 3.04. The fraction of sp³-hybridized carbons (Fsp3) is 0.538. The third-order valence-electron chi connectivity index (χ3n) is 3.21. The first-order valence-electron chi connectivity index (χ1n) is 5.98. The molecule has 2 nitrogen and oxygen atoms in total. The molecule has 1 aromatic rings. The zero-order valence-electron chi connectivity index (χ0n) is 10.1. The van der Waals surface area contributed by atoms with Gasteiger partial charge in [0.2, 0.25) is 5.79 Å². The molecule has 2 unspecified atom stereocenters. The minimum absolute atomic E-state index is 0.300. The minimum atomic E-state index is -1.57. The Balaban J connectivity index is 2.00. The van der Waals surface area contributed by atoms with E-state index >= 15 is 0 Å². The summed E-state index contributed by atoms with van der Waals surface area (Å²) in [5.41, 5.74) is 2.67. The number of aryl methyl sites for hydroxylation is 1. The zero-order chi connectivity index (χ0) is 11.4. The highest BCUT2D eigenvalue weighted by molar-refractivity contribution is 6.69. The lowest BCUT2D eigenvalue weighted by atomic mass is 9.90. The summed E-state index contributed by atoms with van der Waals surface area (Å²) >= 11 is 0. The molecule has 3 heteroatoms. The standard InChI is InChI=1S/C13H18O2Si/c1-16(2,3)15-13-11-7-5-4-6-10(11)8-9-12(13)14-13/h4-7,12H,8-9H2,1-3H3. The van der Waals surface area contributed by atoms with Crippen LogP contribution in [0.2, 0.25) is 19.6 Å². The van der Waals surface area contributed by atoms with Gasteiger partial charge in [-0.25, -0.2) is 0 Å². The van der Waals surface area contributed by atoms with E-state index in [2.05, 4.69) is 43.9 Å². The number of hydrogen-bond acceptors (Lipinski definition) is 2. The van der Waals surface area contributed by atoms with Crippen LogP contribution in [-0.2, 0) is 21.4 Å².